The minimum Gasteiger partial charge on any atom is -0.490 e. The summed E-state index contributed by atoms with van der Waals surface area (Å²) < 4.78 is 5.34. The number of nitrogens with zero attached hydrogens (tertiary/aromatic N) is 5. The minimum atomic E-state index is -0.964. The van der Waals surface area contributed by atoms with Crippen molar-refractivity contribution in [3.63, 3.8) is 0 Å². The Labute approximate surface area is 279 Å². The van der Waals surface area contributed by atoms with E-state index in [1.165, 1.54) is 20.0 Å². The smallest absolute Gasteiger partial charge is 0.311 e. The van der Waals surface area contributed by atoms with Crippen molar-refractivity contribution in [1.82, 2.24) is 15.1 Å². The van der Waals surface area contributed by atoms with E-state index in [1.54, 1.807) is 18.2 Å². The maximum Gasteiger partial charge on any atom is 0.311 e. The molecule has 2 aromatic rings. The molecule has 1 N–H and O–H groups in total. The summed E-state index contributed by atoms with van der Waals surface area (Å²) >= 11 is 0. The number of benzene rings is 2. The predicted octanol–water partition coefficient (Wildman–Crippen LogP) is 3.66. The molecule has 1 spiro atoms. The van der Waals surface area contributed by atoms with Gasteiger partial charge in [-0.15, -0.1) is 0 Å². The molecule has 13 heteroatoms. The number of fused-ring (bicyclic) bond motifs is 1. The first-order valence-corrected chi connectivity index (χ1v) is 17.0. The van der Waals surface area contributed by atoms with Gasteiger partial charge in [0.15, 0.2) is 5.75 Å². The zero-order valence-corrected chi connectivity index (χ0v) is 27.5. The van der Waals surface area contributed by atoms with E-state index in [9.17, 15) is 29.3 Å². The number of rotatable bonds is 6. The number of piperidine rings is 4. The summed E-state index contributed by atoms with van der Waals surface area (Å²) in [6.45, 7) is 7.68. The lowest BCUT2D eigenvalue weighted by Crippen LogP contribution is -2.54. The molecular weight excluding hydrogens is 616 g/mol. The third-order valence-electron chi connectivity index (χ3n) is 11.5. The average molecular weight is 659 g/mol. The largest absolute Gasteiger partial charge is 0.490 e. The monoisotopic (exact) mass is 658 g/mol. The SMILES string of the molecule is COc1cc(N2CCC3(CC2)CCN(C2CCN(c4ccc5c(c4)C(=O)N(C4CCC(=O)NC4=O)C5=O)CC2)CC3)c(C)cc1[N+](=O)[O-]. The van der Waals surface area contributed by atoms with Gasteiger partial charge in [-0.05, 0) is 94.1 Å². The fourth-order valence-corrected chi connectivity index (χ4v) is 8.54. The first kappa shape index (κ1) is 32.0. The predicted molar refractivity (Wildman–Crippen MR) is 177 cm³/mol. The third-order valence-corrected chi connectivity index (χ3v) is 11.5. The molecule has 5 heterocycles. The second-order valence-corrected chi connectivity index (χ2v) is 14.0. The second-order valence-electron chi connectivity index (χ2n) is 14.0. The van der Waals surface area contributed by atoms with Gasteiger partial charge in [-0.1, -0.05) is 0 Å². The molecule has 4 saturated heterocycles. The highest BCUT2D eigenvalue weighted by molar-refractivity contribution is 6.23. The Morgan fingerprint density at radius 1 is 0.854 bits per heavy atom. The number of nitrogens with one attached hydrogen (secondary N) is 1. The summed E-state index contributed by atoms with van der Waals surface area (Å²) in [6.07, 6.45) is 6.85. The summed E-state index contributed by atoms with van der Waals surface area (Å²) in [5.74, 6) is -1.64. The number of methoxy groups -OCH3 is 1. The van der Waals surface area contributed by atoms with Gasteiger partial charge in [0.2, 0.25) is 11.8 Å². The Kier molecular flexibility index (Phi) is 8.34. The number of hydrogen-bond donors (Lipinski definition) is 1. The van der Waals surface area contributed by atoms with E-state index >= 15 is 0 Å². The van der Waals surface area contributed by atoms with Crippen LogP contribution in [0.5, 0.6) is 5.75 Å². The Morgan fingerprint density at radius 3 is 2.17 bits per heavy atom. The molecule has 13 nitrogen and oxygen atoms in total. The van der Waals surface area contributed by atoms with Gasteiger partial charge in [0.25, 0.3) is 11.8 Å². The van der Waals surface area contributed by atoms with E-state index in [0.717, 1.165) is 86.8 Å². The zero-order valence-electron chi connectivity index (χ0n) is 27.5. The molecule has 2 aromatic carbocycles. The van der Waals surface area contributed by atoms with E-state index in [4.69, 9.17) is 4.74 Å². The molecule has 5 aliphatic rings. The molecule has 0 radical (unpaired) electrons. The van der Waals surface area contributed by atoms with Gasteiger partial charge in [0.1, 0.15) is 6.04 Å². The van der Waals surface area contributed by atoms with Crippen LogP contribution >= 0.6 is 0 Å². The van der Waals surface area contributed by atoms with Crippen LogP contribution in [0.15, 0.2) is 30.3 Å². The van der Waals surface area contributed by atoms with E-state index in [-0.39, 0.29) is 24.4 Å². The Balaban J connectivity index is 0.918. The summed E-state index contributed by atoms with van der Waals surface area (Å²) in [5.41, 5.74) is 3.78. The first-order chi connectivity index (χ1) is 23.1. The van der Waals surface area contributed by atoms with Crippen molar-refractivity contribution in [2.24, 2.45) is 5.41 Å². The number of ether oxygens (including phenoxy) is 1. The van der Waals surface area contributed by atoms with Crippen LogP contribution in [-0.4, -0.2) is 96.8 Å². The molecule has 0 bridgehead atoms. The lowest BCUT2D eigenvalue weighted by Gasteiger charge is -2.50. The summed E-state index contributed by atoms with van der Waals surface area (Å²) in [6, 6.07) is 8.35. The third kappa shape index (κ3) is 5.67. The van der Waals surface area contributed by atoms with Crippen molar-refractivity contribution in [2.45, 2.75) is 70.4 Å². The van der Waals surface area contributed by atoms with Crippen LogP contribution in [0, 0.1) is 22.5 Å². The topological polar surface area (TPSA) is 146 Å². The van der Waals surface area contributed by atoms with Gasteiger partial charge in [-0.3, -0.25) is 39.5 Å². The van der Waals surface area contributed by atoms with Crippen molar-refractivity contribution in [3.8, 4) is 5.75 Å². The van der Waals surface area contributed by atoms with Gasteiger partial charge in [0, 0.05) is 62.1 Å². The fraction of sp³-hybridized carbons (Fsp3) is 0.543. The second kappa shape index (κ2) is 12.5. The number of likely N-dealkylation sites (tertiary alicyclic amines) is 1. The van der Waals surface area contributed by atoms with Gasteiger partial charge >= 0.3 is 5.69 Å². The van der Waals surface area contributed by atoms with Crippen LogP contribution in [0.4, 0.5) is 17.1 Å². The summed E-state index contributed by atoms with van der Waals surface area (Å²) in [5, 5.41) is 13.7. The van der Waals surface area contributed by atoms with E-state index in [2.05, 4.69) is 20.0 Å². The minimum absolute atomic E-state index is 0.00248. The highest BCUT2D eigenvalue weighted by Crippen LogP contribution is 2.44. The Bertz CT molecular complexity index is 1670. The highest BCUT2D eigenvalue weighted by Gasteiger charge is 2.45. The molecule has 4 amide bonds. The van der Waals surface area contributed by atoms with Crippen molar-refractivity contribution in [1.29, 1.82) is 0 Å². The van der Waals surface area contributed by atoms with E-state index in [0.29, 0.717) is 28.3 Å². The molecule has 0 aromatic heterocycles. The van der Waals surface area contributed by atoms with Gasteiger partial charge < -0.3 is 19.4 Å². The van der Waals surface area contributed by atoms with E-state index < -0.39 is 28.7 Å². The summed E-state index contributed by atoms with van der Waals surface area (Å²) in [7, 11) is 1.47. The number of imide groups is 2. The molecule has 4 fully saturated rings. The Hall–Kier alpha value is -4.52. The number of nitro groups is 1. The van der Waals surface area contributed by atoms with Crippen molar-refractivity contribution in [3.05, 3.63) is 57.1 Å². The molecule has 0 aliphatic carbocycles. The van der Waals surface area contributed by atoms with Gasteiger partial charge in [-0.25, -0.2) is 0 Å². The normalized spacial score (nSPS) is 23.5. The number of hydrogen-bond acceptors (Lipinski definition) is 10. The van der Waals surface area contributed by atoms with Crippen LogP contribution in [0.25, 0.3) is 0 Å². The molecule has 5 aliphatic heterocycles. The van der Waals surface area contributed by atoms with Crippen molar-refractivity contribution < 1.29 is 28.8 Å². The number of aryl methyl sites for hydroxylation is 1. The van der Waals surface area contributed by atoms with Crippen molar-refractivity contribution >= 4 is 40.7 Å². The lowest BCUT2D eigenvalue weighted by atomic mass is 9.70. The molecule has 1 atom stereocenters. The highest BCUT2D eigenvalue weighted by atomic mass is 16.6. The Morgan fingerprint density at radius 2 is 1.52 bits per heavy atom. The first-order valence-electron chi connectivity index (χ1n) is 17.0. The van der Waals surface area contributed by atoms with Crippen LogP contribution in [0.1, 0.15) is 77.6 Å². The number of nitro benzene ring substituents is 1. The van der Waals surface area contributed by atoms with Crippen LogP contribution < -0.4 is 19.9 Å². The van der Waals surface area contributed by atoms with Gasteiger partial charge in [0.05, 0.1) is 23.2 Å². The molecule has 48 heavy (non-hydrogen) atoms. The zero-order chi connectivity index (χ0) is 33.7. The molecule has 7 rings (SSSR count). The number of carbonyl (C=O) groups excluding carboxylic acids is 4. The standard InChI is InChI=1S/C35H42N6O7/c1-22-19-29(41(46)47)30(48-2)21-28(22)39-17-11-35(12-18-39)9-15-38(16-10-35)23-7-13-37(14-8-23)24-3-4-25-26(20-24)34(45)40(33(25)44)27-5-6-31(42)36-32(27)43/h3-4,19-21,23,27H,5-18H2,1-2H3,(H,36,42,43). The maximum absolute atomic E-state index is 13.3. The number of amides is 4. The van der Waals surface area contributed by atoms with Crippen LogP contribution in [-0.2, 0) is 9.59 Å². The number of carbonyl (C=O) groups is 4. The quantitative estimate of drug-likeness (QED) is 0.277. The van der Waals surface area contributed by atoms with E-state index in [1.807, 2.05) is 19.1 Å². The number of anilines is 2. The molecular formula is C35H42N6O7. The summed E-state index contributed by atoms with van der Waals surface area (Å²) in [4.78, 5) is 69.7. The lowest BCUT2D eigenvalue weighted by molar-refractivity contribution is -0.385. The maximum atomic E-state index is 13.3. The molecule has 0 saturated carbocycles. The molecule has 1 unspecified atom stereocenters. The van der Waals surface area contributed by atoms with Crippen LogP contribution in [0.2, 0.25) is 0 Å². The average Bonchev–Trinajstić information content (AvgIpc) is 3.34. The van der Waals surface area contributed by atoms with Crippen molar-refractivity contribution in [2.75, 3.05) is 56.2 Å². The molecule has 254 valence electrons. The fourth-order valence-electron chi connectivity index (χ4n) is 8.54. The van der Waals surface area contributed by atoms with Gasteiger partial charge in [-0.2, -0.15) is 0 Å². The van der Waals surface area contributed by atoms with Crippen LogP contribution in [0.3, 0.4) is 0 Å².